The molecule has 0 aromatic heterocycles. The molecule has 0 saturated heterocycles. The van der Waals surface area contributed by atoms with Gasteiger partial charge in [-0.1, -0.05) is 52.9 Å². The summed E-state index contributed by atoms with van der Waals surface area (Å²) in [4.78, 5) is 0. The summed E-state index contributed by atoms with van der Waals surface area (Å²) >= 11 is 0. The monoisotopic (exact) mass is 222 g/mol. The molecular formula is C16H30. The Balaban J connectivity index is 1.91. The Bertz CT molecular complexity index is 210. The van der Waals surface area contributed by atoms with Crippen LogP contribution in [0.1, 0.15) is 78.6 Å². The minimum atomic E-state index is 0.638. The summed E-state index contributed by atoms with van der Waals surface area (Å²) in [6.45, 7) is 7.49. The van der Waals surface area contributed by atoms with Crippen molar-refractivity contribution in [3.8, 4) is 0 Å². The second-order valence-corrected chi connectivity index (χ2v) is 6.97. The maximum Gasteiger partial charge on any atom is -0.0297 e. The van der Waals surface area contributed by atoms with Crippen LogP contribution < -0.4 is 0 Å². The average molecular weight is 222 g/mol. The largest absolute Gasteiger partial charge is 0.0654 e. The minimum absolute atomic E-state index is 0.638. The normalized spacial score (nSPS) is 32.4. The van der Waals surface area contributed by atoms with Gasteiger partial charge in [0.25, 0.3) is 0 Å². The van der Waals surface area contributed by atoms with E-state index < -0.39 is 0 Å². The summed E-state index contributed by atoms with van der Waals surface area (Å²) in [7, 11) is 0. The highest BCUT2D eigenvalue weighted by Gasteiger charge is 2.41. The van der Waals surface area contributed by atoms with Crippen molar-refractivity contribution in [1.82, 2.24) is 0 Å². The summed E-state index contributed by atoms with van der Waals surface area (Å²) in [6.07, 6.45) is 13.5. The van der Waals surface area contributed by atoms with Crippen molar-refractivity contribution in [3.05, 3.63) is 0 Å². The Hall–Kier alpha value is 0. The molecular weight excluding hydrogens is 192 g/mol. The van der Waals surface area contributed by atoms with Gasteiger partial charge < -0.3 is 0 Å². The van der Waals surface area contributed by atoms with Crippen LogP contribution in [-0.4, -0.2) is 0 Å². The average Bonchev–Trinajstić information content (AvgIpc) is 2.88. The van der Waals surface area contributed by atoms with Crippen LogP contribution in [0, 0.1) is 23.2 Å². The predicted octanol–water partition coefficient (Wildman–Crippen LogP) is 5.42. The van der Waals surface area contributed by atoms with Gasteiger partial charge in [0.05, 0.1) is 0 Å². The lowest BCUT2D eigenvalue weighted by Crippen LogP contribution is -2.29. The van der Waals surface area contributed by atoms with Crippen molar-refractivity contribution < 1.29 is 0 Å². The first-order valence-electron chi connectivity index (χ1n) is 7.64. The molecule has 0 bridgehead atoms. The third kappa shape index (κ3) is 2.46. The minimum Gasteiger partial charge on any atom is -0.0654 e. The molecule has 0 amide bonds. The van der Waals surface area contributed by atoms with Gasteiger partial charge in [0.1, 0.15) is 0 Å². The van der Waals surface area contributed by atoms with Crippen LogP contribution in [0.5, 0.6) is 0 Å². The van der Waals surface area contributed by atoms with E-state index in [1.807, 2.05) is 0 Å². The molecule has 2 fully saturated rings. The Morgan fingerprint density at radius 2 is 1.62 bits per heavy atom. The molecule has 2 saturated carbocycles. The van der Waals surface area contributed by atoms with E-state index in [9.17, 15) is 0 Å². The lowest BCUT2D eigenvalue weighted by atomic mass is 9.67. The number of hydrogen-bond acceptors (Lipinski definition) is 0. The standard InChI is InChI=1S/C16H30/c1-4-7-13-10-11-15(12-13)16(2,3)14-8-5-6-9-14/h13-15H,4-12H2,1-3H3. The van der Waals surface area contributed by atoms with Gasteiger partial charge in [-0.25, -0.2) is 0 Å². The molecule has 0 N–H and O–H groups in total. The zero-order chi connectivity index (χ0) is 11.6. The molecule has 16 heavy (non-hydrogen) atoms. The van der Waals surface area contributed by atoms with Crippen molar-refractivity contribution in [1.29, 1.82) is 0 Å². The fourth-order valence-corrected chi connectivity index (χ4v) is 4.42. The lowest BCUT2D eigenvalue weighted by Gasteiger charge is -2.38. The molecule has 2 aliphatic carbocycles. The van der Waals surface area contributed by atoms with E-state index in [2.05, 4.69) is 20.8 Å². The van der Waals surface area contributed by atoms with E-state index in [1.54, 1.807) is 0 Å². The van der Waals surface area contributed by atoms with Gasteiger partial charge in [-0.3, -0.25) is 0 Å². The Kier molecular flexibility index (Phi) is 3.97. The molecule has 2 unspecified atom stereocenters. The van der Waals surface area contributed by atoms with Gasteiger partial charge in [0, 0.05) is 0 Å². The van der Waals surface area contributed by atoms with Crippen LogP contribution in [0.15, 0.2) is 0 Å². The summed E-state index contributed by atoms with van der Waals surface area (Å²) in [5, 5.41) is 0. The third-order valence-electron chi connectivity index (χ3n) is 5.70. The fourth-order valence-electron chi connectivity index (χ4n) is 4.42. The van der Waals surface area contributed by atoms with Gasteiger partial charge in [-0.15, -0.1) is 0 Å². The van der Waals surface area contributed by atoms with Gasteiger partial charge >= 0.3 is 0 Å². The van der Waals surface area contributed by atoms with E-state index in [4.69, 9.17) is 0 Å². The van der Waals surface area contributed by atoms with E-state index >= 15 is 0 Å². The first kappa shape index (κ1) is 12.5. The second kappa shape index (κ2) is 5.10. The molecule has 0 heterocycles. The van der Waals surface area contributed by atoms with Gasteiger partial charge in [0.15, 0.2) is 0 Å². The van der Waals surface area contributed by atoms with Crippen LogP contribution in [0.4, 0.5) is 0 Å². The van der Waals surface area contributed by atoms with Crippen molar-refractivity contribution in [3.63, 3.8) is 0 Å². The highest BCUT2D eigenvalue weighted by atomic mass is 14.5. The van der Waals surface area contributed by atoms with Gasteiger partial charge in [-0.05, 0) is 48.9 Å². The number of rotatable bonds is 4. The second-order valence-electron chi connectivity index (χ2n) is 6.97. The molecule has 2 rings (SSSR count). The van der Waals surface area contributed by atoms with E-state index in [1.165, 1.54) is 57.8 Å². The van der Waals surface area contributed by atoms with Crippen molar-refractivity contribution in [2.45, 2.75) is 78.6 Å². The topological polar surface area (TPSA) is 0 Å². The Labute approximate surface area is 102 Å². The van der Waals surface area contributed by atoms with Gasteiger partial charge in [-0.2, -0.15) is 0 Å². The van der Waals surface area contributed by atoms with Crippen LogP contribution in [0.25, 0.3) is 0 Å². The van der Waals surface area contributed by atoms with Crippen LogP contribution >= 0.6 is 0 Å². The van der Waals surface area contributed by atoms with Gasteiger partial charge in [0.2, 0.25) is 0 Å². The maximum atomic E-state index is 2.57. The molecule has 0 nitrogen and oxygen atoms in total. The Morgan fingerprint density at radius 3 is 2.25 bits per heavy atom. The molecule has 0 aromatic rings. The molecule has 94 valence electrons. The van der Waals surface area contributed by atoms with E-state index in [0.717, 1.165) is 17.8 Å². The Morgan fingerprint density at radius 1 is 0.938 bits per heavy atom. The smallest absolute Gasteiger partial charge is 0.0297 e. The van der Waals surface area contributed by atoms with E-state index in [0.29, 0.717) is 5.41 Å². The number of hydrogen-bond donors (Lipinski definition) is 0. The van der Waals surface area contributed by atoms with Crippen molar-refractivity contribution in [2.24, 2.45) is 23.2 Å². The SMILES string of the molecule is CCCC1CCC(C(C)(C)C2CCCC2)C1. The summed E-state index contributed by atoms with van der Waals surface area (Å²) in [6, 6.07) is 0. The highest BCUT2D eigenvalue weighted by Crippen LogP contribution is 2.51. The van der Waals surface area contributed by atoms with Crippen LogP contribution in [-0.2, 0) is 0 Å². The predicted molar refractivity (Wildman–Crippen MR) is 71.5 cm³/mol. The zero-order valence-electron chi connectivity index (χ0n) is 11.6. The molecule has 2 aliphatic rings. The molecule has 0 aromatic carbocycles. The molecule has 0 heteroatoms. The molecule has 0 radical (unpaired) electrons. The van der Waals surface area contributed by atoms with Crippen LogP contribution in [0.2, 0.25) is 0 Å². The van der Waals surface area contributed by atoms with Crippen LogP contribution in [0.3, 0.4) is 0 Å². The third-order valence-corrected chi connectivity index (χ3v) is 5.70. The van der Waals surface area contributed by atoms with Crippen molar-refractivity contribution >= 4 is 0 Å². The lowest BCUT2D eigenvalue weighted by molar-refractivity contribution is 0.117. The zero-order valence-corrected chi connectivity index (χ0v) is 11.6. The quantitative estimate of drug-likeness (QED) is 0.596. The van der Waals surface area contributed by atoms with Crippen molar-refractivity contribution in [2.75, 3.05) is 0 Å². The first-order valence-corrected chi connectivity index (χ1v) is 7.64. The highest BCUT2D eigenvalue weighted by molar-refractivity contribution is 4.91. The fraction of sp³-hybridized carbons (Fsp3) is 1.00. The maximum absolute atomic E-state index is 2.57. The first-order chi connectivity index (χ1) is 7.64. The summed E-state index contributed by atoms with van der Waals surface area (Å²) < 4.78 is 0. The summed E-state index contributed by atoms with van der Waals surface area (Å²) in [5.41, 5.74) is 0.638. The summed E-state index contributed by atoms with van der Waals surface area (Å²) in [5.74, 6) is 3.14. The van der Waals surface area contributed by atoms with E-state index in [-0.39, 0.29) is 0 Å². The molecule has 2 atom stereocenters. The molecule has 0 spiro atoms. The molecule has 0 aliphatic heterocycles.